The molecule has 0 saturated carbocycles. The molecule has 3 aromatic rings. The first kappa shape index (κ1) is 25.8. The predicted octanol–water partition coefficient (Wildman–Crippen LogP) is 6.61. The van der Waals surface area contributed by atoms with Crippen LogP contribution in [0.3, 0.4) is 0 Å². The number of alkyl halides is 1. The highest BCUT2D eigenvalue weighted by Gasteiger charge is 2.25. The van der Waals surface area contributed by atoms with Crippen LogP contribution in [0, 0.1) is 0 Å². The fraction of sp³-hybridized carbons (Fsp3) is 0.355. The van der Waals surface area contributed by atoms with Gasteiger partial charge in [0, 0.05) is 36.8 Å². The molecule has 6 heteroatoms. The highest BCUT2D eigenvalue weighted by atomic mass is 35.5. The molecule has 37 heavy (non-hydrogen) atoms. The number of nitrogens with zero attached hydrogens (tertiary/aromatic N) is 1. The molecule has 1 unspecified atom stereocenters. The molecule has 4 nitrogen and oxygen atoms in total. The topological polar surface area (TPSA) is 58.7 Å². The number of aryl methyl sites for hydroxylation is 1. The van der Waals surface area contributed by atoms with E-state index < -0.39 is 0 Å². The quantitative estimate of drug-likeness (QED) is 0.351. The van der Waals surface area contributed by atoms with E-state index in [-0.39, 0.29) is 18.5 Å². The molecule has 0 spiro atoms. The van der Waals surface area contributed by atoms with E-state index in [1.54, 1.807) is 6.07 Å². The molecule has 1 aliphatic heterocycles. The molecule has 0 amide bonds. The molecule has 0 bridgehead atoms. The van der Waals surface area contributed by atoms with Crippen molar-refractivity contribution in [3.8, 4) is 11.5 Å². The molecule has 194 valence electrons. The van der Waals surface area contributed by atoms with E-state index in [0.717, 1.165) is 78.9 Å². The van der Waals surface area contributed by atoms with Crippen molar-refractivity contribution in [2.75, 3.05) is 26.3 Å². The van der Waals surface area contributed by atoms with E-state index in [1.165, 1.54) is 11.1 Å². The summed E-state index contributed by atoms with van der Waals surface area (Å²) in [5.74, 6) is 1.03. The van der Waals surface area contributed by atoms with Crippen LogP contribution in [0.1, 0.15) is 53.5 Å². The minimum absolute atomic E-state index is 0.125. The lowest BCUT2D eigenvalue weighted by Crippen LogP contribution is -2.26. The molecule has 0 aromatic heterocycles. The maximum atomic E-state index is 12.5. The van der Waals surface area contributed by atoms with Crippen molar-refractivity contribution < 1.29 is 14.2 Å². The Kier molecular flexibility index (Phi) is 8.14. The van der Waals surface area contributed by atoms with Gasteiger partial charge in [-0.2, -0.15) is 0 Å². The van der Waals surface area contributed by atoms with Crippen LogP contribution in [-0.4, -0.2) is 42.4 Å². The highest BCUT2D eigenvalue weighted by molar-refractivity contribution is 6.30. The molecule has 3 aromatic carbocycles. The number of nitrogens with two attached hydrogens (primary N) is 1. The number of phenolic OH excluding ortho intramolecular Hbond substituents is 1. The molecule has 1 aliphatic carbocycles. The second-order valence-corrected chi connectivity index (χ2v) is 10.4. The van der Waals surface area contributed by atoms with Crippen LogP contribution in [0.25, 0.3) is 11.1 Å². The number of likely N-dealkylation sites (tertiary alicyclic amines) is 1. The zero-order valence-electron chi connectivity index (χ0n) is 21.1. The fourth-order valence-corrected chi connectivity index (χ4v) is 5.77. The van der Waals surface area contributed by atoms with E-state index in [9.17, 15) is 9.50 Å². The monoisotopic (exact) mass is 520 g/mol. The number of aromatic hydroxyl groups is 1. The molecule has 1 saturated heterocycles. The van der Waals surface area contributed by atoms with Gasteiger partial charge in [-0.1, -0.05) is 41.9 Å². The third-order valence-corrected chi connectivity index (χ3v) is 7.65. The van der Waals surface area contributed by atoms with Crippen molar-refractivity contribution in [3.63, 3.8) is 0 Å². The number of rotatable bonds is 8. The normalized spacial score (nSPS) is 18.1. The highest BCUT2D eigenvalue weighted by Crippen LogP contribution is 2.43. The van der Waals surface area contributed by atoms with Crippen LogP contribution in [0.15, 0.2) is 60.7 Å². The Bertz CT molecular complexity index is 1270. The maximum Gasteiger partial charge on any atom is 0.124 e. The number of allylic oxidation sites excluding steroid dienone is 1. The van der Waals surface area contributed by atoms with E-state index in [1.807, 2.05) is 24.3 Å². The van der Waals surface area contributed by atoms with Gasteiger partial charge >= 0.3 is 0 Å². The zero-order valence-corrected chi connectivity index (χ0v) is 21.8. The Labute approximate surface area is 223 Å². The van der Waals surface area contributed by atoms with Crippen molar-refractivity contribution in [3.05, 3.63) is 93.5 Å². The van der Waals surface area contributed by atoms with Crippen LogP contribution in [0.5, 0.6) is 11.5 Å². The van der Waals surface area contributed by atoms with Crippen LogP contribution in [-0.2, 0) is 13.0 Å². The number of halogens is 2. The van der Waals surface area contributed by atoms with Crippen LogP contribution < -0.4 is 10.5 Å². The van der Waals surface area contributed by atoms with Gasteiger partial charge in [-0.15, -0.1) is 0 Å². The summed E-state index contributed by atoms with van der Waals surface area (Å²) in [5, 5.41) is 11.3. The van der Waals surface area contributed by atoms with Gasteiger partial charge in [0.05, 0.1) is 6.67 Å². The van der Waals surface area contributed by atoms with E-state index in [4.69, 9.17) is 22.1 Å². The summed E-state index contributed by atoms with van der Waals surface area (Å²) in [4.78, 5) is 2.27. The number of hydrogen-bond acceptors (Lipinski definition) is 4. The third-order valence-electron chi connectivity index (χ3n) is 7.42. The SMILES string of the molecule is NCc1ccc2c(c1)CCCC(c1ccc(Cl)cc1O)=C2c1ccc(OC2CCN(CCCF)C2)cc1. The van der Waals surface area contributed by atoms with Gasteiger partial charge in [-0.3, -0.25) is 9.29 Å². The Morgan fingerprint density at radius 1 is 1.03 bits per heavy atom. The van der Waals surface area contributed by atoms with Crippen molar-refractivity contribution >= 4 is 22.7 Å². The molecule has 5 rings (SSSR count). The van der Waals surface area contributed by atoms with Gasteiger partial charge in [-0.25, -0.2) is 0 Å². The lowest BCUT2D eigenvalue weighted by Gasteiger charge is -2.19. The summed E-state index contributed by atoms with van der Waals surface area (Å²) >= 11 is 6.16. The number of hydrogen-bond donors (Lipinski definition) is 2. The second-order valence-electron chi connectivity index (χ2n) is 9.96. The minimum Gasteiger partial charge on any atom is -0.507 e. The van der Waals surface area contributed by atoms with Gasteiger partial charge < -0.3 is 15.6 Å². The fourth-order valence-electron chi connectivity index (χ4n) is 5.60. The van der Waals surface area contributed by atoms with Gasteiger partial charge in [0.2, 0.25) is 0 Å². The molecule has 1 fully saturated rings. The molecule has 1 atom stereocenters. The van der Waals surface area contributed by atoms with Gasteiger partial charge in [0.25, 0.3) is 0 Å². The van der Waals surface area contributed by atoms with E-state index in [2.05, 4.69) is 35.2 Å². The van der Waals surface area contributed by atoms with Crippen molar-refractivity contribution in [1.82, 2.24) is 4.90 Å². The number of phenols is 1. The summed E-state index contributed by atoms with van der Waals surface area (Å²) < 4.78 is 18.8. The standard InChI is InChI=1S/C31H34ClFN2O2/c32-24-8-12-28(30(36)18-24)29-4-1-3-23-17-21(19-34)5-11-27(23)31(29)22-6-9-25(10-7-22)37-26-13-16-35(20-26)15-2-14-33/h5-12,17-18,26,36H,1-4,13-16,19-20,34H2. The predicted molar refractivity (Wildman–Crippen MR) is 149 cm³/mol. The van der Waals surface area contributed by atoms with Gasteiger partial charge in [-0.05, 0) is 95.8 Å². The molecular formula is C31H34ClFN2O2. The van der Waals surface area contributed by atoms with E-state index >= 15 is 0 Å². The summed E-state index contributed by atoms with van der Waals surface area (Å²) in [6.07, 6.45) is 4.42. The maximum absolute atomic E-state index is 12.5. The molecule has 3 N–H and O–H groups in total. The lowest BCUT2D eigenvalue weighted by atomic mass is 9.87. The summed E-state index contributed by atoms with van der Waals surface area (Å²) in [6, 6.07) is 20.1. The minimum atomic E-state index is -0.272. The first-order valence-corrected chi connectivity index (χ1v) is 13.5. The van der Waals surface area contributed by atoms with Crippen LogP contribution in [0.4, 0.5) is 4.39 Å². The average molecular weight is 521 g/mol. The first-order valence-electron chi connectivity index (χ1n) is 13.2. The molecule has 0 radical (unpaired) electrons. The second kappa shape index (κ2) is 11.7. The van der Waals surface area contributed by atoms with Crippen molar-refractivity contribution in [1.29, 1.82) is 0 Å². The first-order chi connectivity index (χ1) is 18.1. The largest absolute Gasteiger partial charge is 0.507 e. The lowest BCUT2D eigenvalue weighted by molar-refractivity contribution is 0.198. The molecule has 1 heterocycles. The Morgan fingerprint density at radius 3 is 2.59 bits per heavy atom. The van der Waals surface area contributed by atoms with E-state index in [0.29, 0.717) is 18.0 Å². The zero-order chi connectivity index (χ0) is 25.8. The Morgan fingerprint density at radius 2 is 1.84 bits per heavy atom. The number of fused-ring (bicyclic) bond motifs is 1. The Balaban J connectivity index is 1.49. The number of ether oxygens (including phenoxy) is 1. The number of benzene rings is 3. The smallest absolute Gasteiger partial charge is 0.124 e. The molecule has 2 aliphatic rings. The van der Waals surface area contributed by atoms with Crippen LogP contribution >= 0.6 is 11.6 Å². The van der Waals surface area contributed by atoms with Crippen molar-refractivity contribution in [2.45, 2.75) is 44.8 Å². The summed E-state index contributed by atoms with van der Waals surface area (Å²) in [7, 11) is 0. The third kappa shape index (κ3) is 5.85. The van der Waals surface area contributed by atoms with Gasteiger partial charge in [0.15, 0.2) is 0 Å². The summed E-state index contributed by atoms with van der Waals surface area (Å²) in [5.41, 5.74) is 13.6. The molecular weight excluding hydrogens is 487 g/mol. The van der Waals surface area contributed by atoms with Crippen LogP contribution in [0.2, 0.25) is 5.02 Å². The summed E-state index contributed by atoms with van der Waals surface area (Å²) in [6.45, 7) is 2.81. The average Bonchev–Trinajstić information content (AvgIpc) is 3.26. The van der Waals surface area contributed by atoms with Gasteiger partial charge in [0.1, 0.15) is 17.6 Å². The Hall–Kier alpha value is -2.86. The van der Waals surface area contributed by atoms with Crippen molar-refractivity contribution in [2.24, 2.45) is 5.73 Å².